The molecule has 0 aromatic heterocycles. The number of likely N-dealkylation sites (tertiary alicyclic amines) is 2. The van der Waals surface area contributed by atoms with E-state index in [1.54, 1.807) is 0 Å². The lowest BCUT2D eigenvalue weighted by molar-refractivity contribution is 0.190. The van der Waals surface area contributed by atoms with Gasteiger partial charge in [0, 0.05) is 13.1 Å². The highest BCUT2D eigenvalue weighted by Gasteiger charge is 2.20. The molecule has 114 valence electrons. The van der Waals surface area contributed by atoms with Crippen molar-refractivity contribution in [3.05, 3.63) is 48.2 Å². The summed E-state index contributed by atoms with van der Waals surface area (Å²) in [6.45, 7) is 4.95. The summed E-state index contributed by atoms with van der Waals surface area (Å²) in [4.78, 5) is 5.16. The molecule has 1 unspecified atom stereocenters. The Morgan fingerprint density at radius 2 is 1.38 bits per heavy atom. The monoisotopic (exact) mass is 284 g/mol. The summed E-state index contributed by atoms with van der Waals surface area (Å²) in [6.07, 6.45) is 13.0. The molecule has 1 aromatic carbocycles. The van der Waals surface area contributed by atoms with Crippen molar-refractivity contribution >= 4 is 0 Å². The number of hydrogen-bond acceptors (Lipinski definition) is 2. The Bertz CT molecular complexity index is 428. The van der Waals surface area contributed by atoms with Gasteiger partial charge in [-0.1, -0.05) is 36.8 Å². The lowest BCUT2D eigenvalue weighted by Crippen LogP contribution is -2.33. The van der Waals surface area contributed by atoms with Gasteiger partial charge in [0.15, 0.2) is 0 Å². The van der Waals surface area contributed by atoms with E-state index < -0.39 is 0 Å². The van der Waals surface area contributed by atoms with Crippen molar-refractivity contribution in [2.75, 3.05) is 26.2 Å². The average molecular weight is 284 g/mol. The maximum atomic E-state index is 2.65. The number of nitrogens with zero attached hydrogens (tertiary/aromatic N) is 2. The fourth-order valence-electron chi connectivity index (χ4n) is 3.56. The van der Waals surface area contributed by atoms with Crippen molar-refractivity contribution < 1.29 is 0 Å². The quantitative estimate of drug-likeness (QED) is 0.817. The molecule has 0 saturated carbocycles. The van der Waals surface area contributed by atoms with Crippen molar-refractivity contribution in [3.63, 3.8) is 0 Å². The zero-order valence-electron chi connectivity index (χ0n) is 13.1. The van der Waals surface area contributed by atoms with Gasteiger partial charge < -0.3 is 4.90 Å². The van der Waals surface area contributed by atoms with Crippen LogP contribution in [0.5, 0.6) is 0 Å². The number of hydrogen-bond donors (Lipinski definition) is 0. The minimum Gasteiger partial charge on any atom is -0.378 e. The van der Waals surface area contributed by atoms with Gasteiger partial charge in [-0.25, -0.2) is 0 Å². The van der Waals surface area contributed by atoms with Gasteiger partial charge in [0.05, 0.1) is 6.04 Å². The highest BCUT2D eigenvalue weighted by molar-refractivity contribution is 5.23. The zero-order valence-corrected chi connectivity index (χ0v) is 13.1. The van der Waals surface area contributed by atoms with Crippen molar-refractivity contribution in [2.24, 2.45) is 0 Å². The third-order valence-corrected chi connectivity index (χ3v) is 4.79. The molecule has 2 aliphatic rings. The van der Waals surface area contributed by atoms with Crippen LogP contribution >= 0.6 is 0 Å². The molecule has 3 rings (SSSR count). The highest BCUT2D eigenvalue weighted by atomic mass is 15.2. The second-order valence-electron chi connectivity index (χ2n) is 6.39. The molecule has 0 N–H and O–H groups in total. The molecule has 2 heterocycles. The fourth-order valence-corrected chi connectivity index (χ4v) is 3.56. The number of rotatable bonds is 4. The van der Waals surface area contributed by atoms with Gasteiger partial charge in [-0.05, 0) is 63.0 Å². The second-order valence-corrected chi connectivity index (χ2v) is 6.39. The normalized spacial score (nSPS) is 22.6. The van der Waals surface area contributed by atoms with Gasteiger partial charge in [0.2, 0.25) is 0 Å². The molecule has 2 heteroatoms. The van der Waals surface area contributed by atoms with E-state index in [0.717, 1.165) is 0 Å². The second kappa shape index (κ2) is 7.65. The Hall–Kier alpha value is -1.28. The van der Waals surface area contributed by atoms with Crippen molar-refractivity contribution in [2.45, 2.75) is 44.6 Å². The molecule has 21 heavy (non-hydrogen) atoms. The van der Waals surface area contributed by atoms with Gasteiger partial charge in [-0.2, -0.15) is 0 Å². The molecular weight excluding hydrogens is 256 g/mol. The Kier molecular flexibility index (Phi) is 5.34. The molecule has 2 nitrogen and oxygen atoms in total. The van der Waals surface area contributed by atoms with Gasteiger partial charge >= 0.3 is 0 Å². The van der Waals surface area contributed by atoms with Gasteiger partial charge in [-0.3, -0.25) is 4.90 Å². The van der Waals surface area contributed by atoms with Crippen LogP contribution in [0.1, 0.15) is 50.1 Å². The molecule has 0 spiro atoms. The third-order valence-electron chi connectivity index (χ3n) is 4.79. The lowest BCUT2D eigenvalue weighted by Gasteiger charge is -2.34. The Morgan fingerprint density at radius 3 is 2.05 bits per heavy atom. The van der Waals surface area contributed by atoms with E-state index in [1.165, 1.54) is 70.3 Å². The molecule has 1 atom stereocenters. The topological polar surface area (TPSA) is 6.48 Å². The molecule has 2 aliphatic heterocycles. The zero-order chi connectivity index (χ0) is 14.3. The van der Waals surface area contributed by atoms with E-state index in [1.807, 2.05) is 0 Å². The maximum absolute atomic E-state index is 2.65. The molecular formula is C19H28N2. The van der Waals surface area contributed by atoms with Crippen LogP contribution in [-0.2, 0) is 0 Å². The standard InChI is InChI=1S/C19H28N2/c1-4-10-18(11-5-1)19(21-15-8-3-9-16-21)12-17-20-13-6-2-7-14-20/h1,4-5,10-12,17,19H,2-3,6-9,13-16H2. The van der Waals surface area contributed by atoms with Gasteiger partial charge in [0.1, 0.15) is 0 Å². The van der Waals surface area contributed by atoms with E-state index >= 15 is 0 Å². The molecule has 2 fully saturated rings. The summed E-state index contributed by atoms with van der Waals surface area (Å²) < 4.78 is 0. The van der Waals surface area contributed by atoms with Crippen LogP contribution in [0.4, 0.5) is 0 Å². The molecule has 0 aliphatic carbocycles. The number of piperidine rings is 2. The van der Waals surface area contributed by atoms with Crippen molar-refractivity contribution in [1.82, 2.24) is 9.80 Å². The lowest BCUT2D eigenvalue weighted by atomic mass is 10.0. The van der Waals surface area contributed by atoms with E-state index in [4.69, 9.17) is 0 Å². The van der Waals surface area contributed by atoms with Crippen LogP contribution in [0.2, 0.25) is 0 Å². The first-order valence-corrected chi connectivity index (χ1v) is 8.65. The first kappa shape index (κ1) is 14.6. The van der Waals surface area contributed by atoms with Crippen LogP contribution in [0.15, 0.2) is 42.6 Å². The summed E-state index contributed by atoms with van der Waals surface area (Å²) in [5.41, 5.74) is 1.44. The molecule has 0 amide bonds. The van der Waals surface area contributed by atoms with Crippen LogP contribution in [0.3, 0.4) is 0 Å². The van der Waals surface area contributed by atoms with Gasteiger partial charge in [-0.15, -0.1) is 0 Å². The summed E-state index contributed by atoms with van der Waals surface area (Å²) in [5.74, 6) is 0. The van der Waals surface area contributed by atoms with E-state index in [9.17, 15) is 0 Å². The van der Waals surface area contributed by atoms with Crippen molar-refractivity contribution in [3.8, 4) is 0 Å². The summed E-state index contributed by atoms with van der Waals surface area (Å²) in [6, 6.07) is 11.5. The summed E-state index contributed by atoms with van der Waals surface area (Å²) >= 11 is 0. The van der Waals surface area contributed by atoms with E-state index in [-0.39, 0.29) is 0 Å². The van der Waals surface area contributed by atoms with E-state index in [0.29, 0.717) is 6.04 Å². The average Bonchev–Trinajstić information content (AvgIpc) is 2.58. The highest BCUT2D eigenvalue weighted by Crippen LogP contribution is 2.26. The van der Waals surface area contributed by atoms with Crippen LogP contribution in [0, 0.1) is 0 Å². The Morgan fingerprint density at radius 1 is 0.762 bits per heavy atom. The van der Waals surface area contributed by atoms with Crippen molar-refractivity contribution in [1.29, 1.82) is 0 Å². The number of benzene rings is 1. The summed E-state index contributed by atoms with van der Waals surface area (Å²) in [7, 11) is 0. The molecule has 0 bridgehead atoms. The van der Waals surface area contributed by atoms with Crippen LogP contribution < -0.4 is 0 Å². The third kappa shape index (κ3) is 4.10. The van der Waals surface area contributed by atoms with Gasteiger partial charge in [0.25, 0.3) is 0 Å². The minimum absolute atomic E-state index is 0.452. The fraction of sp³-hybridized carbons (Fsp3) is 0.579. The Balaban J connectivity index is 1.73. The maximum Gasteiger partial charge on any atom is 0.0548 e. The largest absolute Gasteiger partial charge is 0.378 e. The predicted molar refractivity (Wildman–Crippen MR) is 89.2 cm³/mol. The van der Waals surface area contributed by atoms with Crippen LogP contribution in [-0.4, -0.2) is 36.0 Å². The SMILES string of the molecule is C(=CN1CCCCC1)C(c1ccccc1)N1CCCCC1. The minimum atomic E-state index is 0.452. The first-order valence-electron chi connectivity index (χ1n) is 8.65. The predicted octanol–water partition coefficient (Wildman–Crippen LogP) is 4.21. The molecule has 1 aromatic rings. The first-order chi connectivity index (χ1) is 10.4. The van der Waals surface area contributed by atoms with E-state index in [2.05, 4.69) is 52.4 Å². The smallest absolute Gasteiger partial charge is 0.0548 e. The molecule has 2 saturated heterocycles. The van der Waals surface area contributed by atoms with Crippen LogP contribution in [0.25, 0.3) is 0 Å². The molecule has 0 radical (unpaired) electrons. The Labute approximate surface area is 129 Å². The summed E-state index contributed by atoms with van der Waals surface area (Å²) in [5, 5.41) is 0.